The molecular formula is C18H18BF2NO8. The summed E-state index contributed by atoms with van der Waals surface area (Å²) >= 11 is 0. The lowest BCUT2D eigenvalue weighted by atomic mass is 9.72. The Hall–Kier alpha value is -3.15. The standard InChI is InChI=1S/C18H18BF2NO8/c1-9-12(29-17(25)28-9)8-27-16(24)11-5-3-4-10-6-13(19(26)30-15(10)11)22-14(23)7-18(2,20)21/h3-5,13,26H,6-8H2,1-2H3,(H,22,23)/t13-/m0/s1. The second kappa shape index (κ2) is 8.30. The topological polar surface area (TPSA) is 128 Å². The molecular weight excluding hydrogens is 407 g/mol. The van der Waals surface area contributed by atoms with Crippen LogP contribution in [-0.4, -0.2) is 35.9 Å². The van der Waals surface area contributed by atoms with Crippen LogP contribution in [0.4, 0.5) is 8.78 Å². The van der Waals surface area contributed by atoms with Crippen molar-refractivity contribution in [1.29, 1.82) is 0 Å². The highest BCUT2D eigenvalue weighted by Crippen LogP contribution is 2.31. The lowest BCUT2D eigenvalue weighted by molar-refractivity contribution is -0.127. The summed E-state index contributed by atoms with van der Waals surface area (Å²) in [5.41, 5.74) is 0.467. The van der Waals surface area contributed by atoms with Gasteiger partial charge in [0.15, 0.2) is 18.1 Å². The maximum Gasteiger partial charge on any atom is 0.547 e. The molecule has 2 heterocycles. The summed E-state index contributed by atoms with van der Waals surface area (Å²) in [6.07, 6.45) is -0.979. The number of ether oxygens (including phenoxy) is 1. The molecule has 1 amide bonds. The highest BCUT2D eigenvalue weighted by Gasteiger charge is 2.39. The number of benzene rings is 1. The van der Waals surface area contributed by atoms with E-state index >= 15 is 0 Å². The molecule has 1 aliphatic heterocycles. The molecule has 0 fully saturated rings. The SMILES string of the molecule is Cc1oc(=O)oc1COC(=O)c1cccc2c1OB(O)[C@@H](NC(=O)CC(C)(F)F)C2. The number of hydrogen-bond acceptors (Lipinski definition) is 8. The Labute approximate surface area is 169 Å². The Kier molecular flexibility index (Phi) is 5.97. The molecule has 0 spiro atoms. The molecule has 1 aromatic carbocycles. The Morgan fingerprint density at radius 2 is 2.10 bits per heavy atom. The number of nitrogens with one attached hydrogen (secondary N) is 1. The molecule has 1 atom stereocenters. The third-order valence-corrected chi connectivity index (χ3v) is 4.33. The third-order valence-electron chi connectivity index (χ3n) is 4.33. The van der Waals surface area contributed by atoms with Crippen molar-refractivity contribution in [2.45, 2.75) is 45.2 Å². The van der Waals surface area contributed by atoms with Crippen molar-refractivity contribution in [3.05, 3.63) is 51.5 Å². The van der Waals surface area contributed by atoms with E-state index in [0.29, 0.717) is 12.5 Å². The van der Waals surface area contributed by atoms with Crippen LogP contribution in [0.25, 0.3) is 0 Å². The minimum Gasteiger partial charge on any atom is -0.534 e. The zero-order valence-electron chi connectivity index (χ0n) is 16.1. The van der Waals surface area contributed by atoms with Crippen molar-refractivity contribution in [1.82, 2.24) is 5.32 Å². The number of halogens is 2. The van der Waals surface area contributed by atoms with Crippen LogP contribution in [0.5, 0.6) is 5.75 Å². The van der Waals surface area contributed by atoms with Crippen molar-refractivity contribution >= 4 is 19.0 Å². The van der Waals surface area contributed by atoms with E-state index in [4.69, 9.17) is 13.8 Å². The fraction of sp³-hybridized carbons (Fsp3) is 0.389. The van der Waals surface area contributed by atoms with Gasteiger partial charge < -0.3 is 28.6 Å². The van der Waals surface area contributed by atoms with Crippen LogP contribution in [-0.2, 0) is 22.6 Å². The van der Waals surface area contributed by atoms with E-state index in [-0.39, 0.29) is 35.9 Å². The van der Waals surface area contributed by atoms with Crippen LogP contribution in [0.2, 0.25) is 0 Å². The lowest BCUT2D eigenvalue weighted by Gasteiger charge is -2.29. The fourth-order valence-corrected chi connectivity index (χ4v) is 2.96. The quantitative estimate of drug-likeness (QED) is 0.525. The van der Waals surface area contributed by atoms with E-state index in [2.05, 4.69) is 9.73 Å². The molecule has 0 saturated heterocycles. The van der Waals surface area contributed by atoms with Crippen LogP contribution in [0.1, 0.15) is 40.8 Å². The smallest absolute Gasteiger partial charge is 0.534 e. The van der Waals surface area contributed by atoms with Gasteiger partial charge in [0.1, 0.15) is 11.3 Å². The number of carbonyl (C=O) groups is 2. The van der Waals surface area contributed by atoms with Gasteiger partial charge in [-0.15, -0.1) is 0 Å². The Bertz CT molecular complexity index is 1010. The van der Waals surface area contributed by atoms with Gasteiger partial charge in [0.2, 0.25) is 5.91 Å². The number of amides is 1. The summed E-state index contributed by atoms with van der Waals surface area (Å²) in [7, 11) is -1.56. The van der Waals surface area contributed by atoms with Crippen molar-refractivity contribution in [2.75, 3.05) is 0 Å². The van der Waals surface area contributed by atoms with Gasteiger partial charge in [-0.1, -0.05) is 12.1 Å². The first-order valence-corrected chi connectivity index (χ1v) is 8.94. The van der Waals surface area contributed by atoms with Gasteiger partial charge in [-0.25, -0.2) is 18.4 Å². The van der Waals surface area contributed by atoms with E-state index < -0.39 is 43.1 Å². The van der Waals surface area contributed by atoms with E-state index in [1.54, 1.807) is 12.1 Å². The van der Waals surface area contributed by atoms with Crippen LogP contribution in [0.15, 0.2) is 31.8 Å². The van der Waals surface area contributed by atoms with Crippen LogP contribution in [0.3, 0.4) is 0 Å². The number of para-hydroxylation sites is 1. The summed E-state index contributed by atoms with van der Waals surface area (Å²) in [5.74, 6) is -6.56. The van der Waals surface area contributed by atoms with E-state index in [9.17, 15) is 28.2 Å². The summed E-state index contributed by atoms with van der Waals surface area (Å²) in [6.45, 7) is 1.73. The highest BCUT2D eigenvalue weighted by molar-refractivity contribution is 6.47. The predicted octanol–water partition coefficient (Wildman–Crippen LogP) is 1.38. The van der Waals surface area contributed by atoms with E-state index in [1.165, 1.54) is 13.0 Å². The molecule has 9 nitrogen and oxygen atoms in total. The van der Waals surface area contributed by atoms with Crippen molar-refractivity contribution in [3.8, 4) is 5.75 Å². The largest absolute Gasteiger partial charge is 0.547 e. The molecule has 2 N–H and O–H groups in total. The Morgan fingerprint density at radius 1 is 1.37 bits per heavy atom. The van der Waals surface area contributed by atoms with Crippen molar-refractivity contribution in [2.24, 2.45) is 0 Å². The molecule has 160 valence electrons. The molecule has 1 aromatic heterocycles. The number of hydrogen-bond donors (Lipinski definition) is 2. The highest BCUT2D eigenvalue weighted by atomic mass is 19.3. The second-order valence-electron chi connectivity index (χ2n) is 6.94. The van der Waals surface area contributed by atoms with Gasteiger partial charge in [-0.2, -0.15) is 0 Å². The number of esters is 1. The molecule has 3 rings (SSSR count). The number of aryl methyl sites for hydroxylation is 1. The first-order valence-electron chi connectivity index (χ1n) is 8.94. The number of carbonyl (C=O) groups excluding carboxylic acids is 2. The second-order valence-corrected chi connectivity index (χ2v) is 6.94. The molecule has 0 aliphatic carbocycles. The molecule has 30 heavy (non-hydrogen) atoms. The van der Waals surface area contributed by atoms with Crippen LogP contribution in [0, 0.1) is 6.92 Å². The minimum atomic E-state index is -3.19. The summed E-state index contributed by atoms with van der Waals surface area (Å²) in [4.78, 5) is 35.2. The predicted molar refractivity (Wildman–Crippen MR) is 97.0 cm³/mol. The lowest BCUT2D eigenvalue weighted by Crippen LogP contribution is -2.53. The molecule has 0 saturated carbocycles. The van der Waals surface area contributed by atoms with Crippen molar-refractivity contribution in [3.63, 3.8) is 0 Å². The van der Waals surface area contributed by atoms with E-state index in [1.807, 2.05) is 0 Å². The van der Waals surface area contributed by atoms with Gasteiger partial charge in [-0.05, 0) is 31.9 Å². The average Bonchev–Trinajstić information content (AvgIpc) is 2.95. The monoisotopic (exact) mass is 425 g/mol. The van der Waals surface area contributed by atoms with Gasteiger partial charge >= 0.3 is 18.9 Å². The van der Waals surface area contributed by atoms with Gasteiger partial charge in [0.05, 0.1) is 12.4 Å². The maximum atomic E-state index is 13.0. The van der Waals surface area contributed by atoms with Gasteiger partial charge in [0.25, 0.3) is 5.92 Å². The number of alkyl halides is 2. The molecule has 0 radical (unpaired) electrons. The first kappa shape index (κ1) is 21.6. The molecule has 12 heteroatoms. The zero-order valence-corrected chi connectivity index (χ0v) is 16.1. The Morgan fingerprint density at radius 3 is 2.73 bits per heavy atom. The normalized spacial score (nSPS) is 15.9. The summed E-state index contributed by atoms with van der Waals surface area (Å²) in [6, 6.07) is 4.55. The molecule has 0 unspecified atom stereocenters. The molecule has 2 aromatic rings. The van der Waals surface area contributed by atoms with Crippen LogP contribution >= 0.6 is 0 Å². The van der Waals surface area contributed by atoms with Crippen LogP contribution < -0.4 is 15.8 Å². The number of rotatable bonds is 6. The van der Waals surface area contributed by atoms with E-state index in [0.717, 1.165) is 0 Å². The first-order chi connectivity index (χ1) is 14.0. The average molecular weight is 425 g/mol. The minimum absolute atomic E-state index is 0.0000806. The summed E-state index contributed by atoms with van der Waals surface area (Å²) < 4.78 is 45.9. The Balaban J connectivity index is 1.71. The summed E-state index contributed by atoms with van der Waals surface area (Å²) in [5, 5.41) is 12.5. The fourth-order valence-electron chi connectivity index (χ4n) is 2.96. The van der Waals surface area contributed by atoms with Gasteiger partial charge in [0, 0.05) is 0 Å². The molecule has 0 bridgehead atoms. The van der Waals surface area contributed by atoms with Gasteiger partial charge in [-0.3, -0.25) is 4.79 Å². The third kappa shape index (κ3) is 5.06. The maximum absolute atomic E-state index is 13.0. The molecule has 1 aliphatic rings. The van der Waals surface area contributed by atoms with Crippen molar-refractivity contribution < 1.29 is 41.6 Å². The zero-order chi connectivity index (χ0) is 22.1. The number of fused-ring (bicyclic) bond motifs is 1.